The fourth-order valence-corrected chi connectivity index (χ4v) is 1.50. The molecule has 1 unspecified atom stereocenters. The van der Waals surface area contributed by atoms with Crippen molar-refractivity contribution in [2.75, 3.05) is 13.2 Å². The van der Waals surface area contributed by atoms with Crippen LogP contribution in [-0.2, 0) is 0 Å². The number of nitrogens with one attached hydrogen (secondary N) is 1. The number of amidine groups is 1. The van der Waals surface area contributed by atoms with Gasteiger partial charge in [-0.15, -0.1) is 0 Å². The lowest BCUT2D eigenvalue weighted by molar-refractivity contribution is 0.252. The third-order valence-corrected chi connectivity index (χ3v) is 2.46. The fourth-order valence-electron chi connectivity index (χ4n) is 1.50. The summed E-state index contributed by atoms with van der Waals surface area (Å²) in [4.78, 5) is 4.45. The topological polar surface area (TPSA) is 44.6 Å². The van der Waals surface area contributed by atoms with Crippen LogP contribution in [0.25, 0.3) is 0 Å². The lowest BCUT2D eigenvalue weighted by Crippen LogP contribution is -2.36. The van der Waals surface area contributed by atoms with Crippen molar-refractivity contribution >= 4 is 5.84 Å². The summed E-state index contributed by atoms with van der Waals surface area (Å²) in [7, 11) is 0. The van der Waals surface area contributed by atoms with Gasteiger partial charge in [-0.3, -0.25) is 4.99 Å². The first-order valence-electron chi connectivity index (χ1n) is 5.27. The minimum Gasteiger partial charge on any atom is -0.394 e. The van der Waals surface area contributed by atoms with Crippen molar-refractivity contribution in [2.45, 2.75) is 45.1 Å². The summed E-state index contributed by atoms with van der Waals surface area (Å²) in [5, 5.41) is 12.3. The number of nitrogens with zero attached hydrogens (tertiary/aromatic N) is 1. The number of aliphatic imine (C=N–C) groups is 1. The van der Waals surface area contributed by atoms with E-state index in [2.05, 4.69) is 17.2 Å². The van der Waals surface area contributed by atoms with Crippen LogP contribution in [0.3, 0.4) is 0 Å². The van der Waals surface area contributed by atoms with Crippen LogP contribution < -0.4 is 5.32 Å². The van der Waals surface area contributed by atoms with Gasteiger partial charge >= 0.3 is 0 Å². The smallest absolute Gasteiger partial charge is 0.0965 e. The highest BCUT2D eigenvalue weighted by Crippen LogP contribution is 2.06. The molecule has 0 aliphatic carbocycles. The van der Waals surface area contributed by atoms with Crippen molar-refractivity contribution < 1.29 is 5.11 Å². The molecule has 0 saturated carbocycles. The SMILES string of the molecule is CCC(CO)NC1=NCCCCC1. The molecule has 13 heavy (non-hydrogen) atoms. The summed E-state index contributed by atoms with van der Waals surface area (Å²) in [6, 6.07) is 0.192. The lowest BCUT2D eigenvalue weighted by atomic mass is 10.2. The van der Waals surface area contributed by atoms with E-state index in [1.54, 1.807) is 0 Å². The summed E-state index contributed by atoms with van der Waals surface area (Å²) in [5.41, 5.74) is 0. The Morgan fingerprint density at radius 3 is 3.00 bits per heavy atom. The maximum atomic E-state index is 9.01. The van der Waals surface area contributed by atoms with Crippen LogP contribution in [0.1, 0.15) is 39.0 Å². The summed E-state index contributed by atoms with van der Waals surface area (Å²) >= 11 is 0. The van der Waals surface area contributed by atoms with E-state index in [1.165, 1.54) is 19.3 Å². The van der Waals surface area contributed by atoms with Crippen molar-refractivity contribution in [1.82, 2.24) is 5.32 Å². The number of aliphatic hydroxyl groups is 1. The molecule has 0 aromatic heterocycles. The molecule has 0 aromatic rings. The van der Waals surface area contributed by atoms with Gasteiger partial charge in [0.05, 0.1) is 18.5 Å². The van der Waals surface area contributed by atoms with Crippen LogP contribution in [0, 0.1) is 0 Å². The molecule has 0 bridgehead atoms. The second kappa shape index (κ2) is 5.97. The Labute approximate surface area is 80.3 Å². The Kier molecular flexibility index (Phi) is 4.83. The molecule has 1 rings (SSSR count). The maximum absolute atomic E-state index is 9.01. The van der Waals surface area contributed by atoms with E-state index >= 15 is 0 Å². The van der Waals surface area contributed by atoms with Crippen molar-refractivity contribution in [3.8, 4) is 0 Å². The molecule has 3 nitrogen and oxygen atoms in total. The van der Waals surface area contributed by atoms with Crippen LogP contribution in [0.5, 0.6) is 0 Å². The molecule has 1 aliphatic heterocycles. The van der Waals surface area contributed by atoms with Crippen LogP contribution in [0.4, 0.5) is 0 Å². The van der Waals surface area contributed by atoms with E-state index in [1.807, 2.05) is 0 Å². The molecule has 1 aliphatic rings. The van der Waals surface area contributed by atoms with Crippen LogP contribution in [0.2, 0.25) is 0 Å². The van der Waals surface area contributed by atoms with Crippen molar-refractivity contribution in [3.63, 3.8) is 0 Å². The molecule has 0 aromatic carbocycles. The molecule has 0 saturated heterocycles. The van der Waals surface area contributed by atoms with Crippen molar-refractivity contribution in [3.05, 3.63) is 0 Å². The largest absolute Gasteiger partial charge is 0.394 e. The highest BCUT2D eigenvalue weighted by Gasteiger charge is 2.08. The second-order valence-electron chi connectivity index (χ2n) is 3.57. The minimum absolute atomic E-state index is 0.192. The van der Waals surface area contributed by atoms with E-state index in [-0.39, 0.29) is 12.6 Å². The first kappa shape index (κ1) is 10.5. The van der Waals surface area contributed by atoms with Gasteiger partial charge in [0, 0.05) is 13.0 Å². The molecule has 0 amide bonds. The molecular weight excluding hydrogens is 164 g/mol. The van der Waals surface area contributed by atoms with E-state index in [0.29, 0.717) is 0 Å². The molecule has 1 heterocycles. The summed E-state index contributed by atoms with van der Waals surface area (Å²) < 4.78 is 0. The first-order chi connectivity index (χ1) is 6.36. The molecule has 0 fully saturated rings. The van der Waals surface area contributed by atoms with E-state index < -0.39 is 0 Å². The number of aliphatic hydroxyl groups excluding tert-OH is 1. The third-order valence-electron chi connectivity index (χ3n) is 2.46. The first-order valence-corrected chi connectivity index (χ1v) is 5.27. The summed E-state index contributed by atoms with van der Waals surface area (Å²) in [6.45, 7) is 3.23. The zero-order valence-electron chi connectivity index (χ0n) is 8.42. The Balaban J connectivity index is 2.36. The number of hydrogen-bond acceptors (Lipinski definition) is 3. The van der Waals surface area contributed by atoms with Gasteiger partial charge in [-0.1, -0.05) is 13.3 Å². The highest BCUT2D eigenvalue weighted by atomic mass is 16.3. The van der Waals surface area contributed by atoms with Crippen LogP contribution >= 0.6 is 0 Å². The minimum atomic E-state index is 0.192. The zero-order chi connectivity index (χ0) is 9.52. The van der Waals surface area contributed by atoms with Crippen LogP contribution in [0.15, 0.2) is 4.99 Å². The third kappa shape index (κ3) is 3.77. The standard InChI is InChI=1S/C10H20N2O/c1-2-9(8-13)12-10-6-4-3-5-7-11-10/h9,13H,2-8H2,1H3,(H,11,12). The van der Waals surface area contributed by atoms with Gasteiger partial charge in [-0.2, -0.15) is 0 Å². The molecule has 0 radical (unpaired) electrons. The van der Waals surface area contributed by atoms with Gasteiger partial charge in [0.2, 0.25) is 0 Å². The Morgan fingerprint density at radius 1 is 1.46 bits per heavy atom. The van der Waals surface area contributed by atoms with Gasteiger partial charge < -0.3 is 10.4 Å². The zero-order valence-corrected chi connectivity index (χ0v) is 8.42. The monoisotopic (exact) mass is 184 g/mol. The predicted molar refractivity (Wildman–Crippen MR) is 55.1 cm³/mol. The molecule has 2 N–H and O–H groups in total. The van der Waals surface area contributed by atoms with Gasteiger partial charge in [0.15, 0.2) is 0 Å². The van der Waals surface area contributed by atoms with Crippen molar-refractivity contribution in [1.29, 1.82) is 0 Å². The van der Waals surface area contributed by atoms with Gasteiger partial charge in [-0.25, -0.2) is 0 Å². The summed E-state index contributed by atoms with van der Waals surface area (Å²) in [5.74, 6) is 1.10. The Morgan fingerprint density at radius 2 is 2.31 bits per heavy atom. The van der Waals surface area contributed by atoms with Crippen molar-refractivity contribution in [2.24, 2.45) is 4.99 Å². The normalized spacial score (nSPS) is 20.3. The summed E-state index contributed by atoms with van der Waals surface area (Å²) in [6.07, 6.45) is 5.73. The van der Waals surface area contributed by atoms with Crippen LogP contribution in [-0.4, -0.2) is 30.1 Å². The molecule has 76 valence electrons. The average molecular weight is 184 g/mol. The highest BCUT2D eigenvalue weighted by molar-refractivity contribution is 5.82. The fraction of sp³-hybridized carbons (Fsp3) is 0.900. The molecule has 3 heteroatoms. The molecule has 1 atom stereocenters. The molecular formula is C10H20N2O. The second-order valence-corrected chi connectivity index (χ2v) is 3.57. The predicted octanol–water partition coefficient (Wildman–Crippen LogP) is 1.32. The van der Waals surface area contributed by atoms with E-state index in [9.17, 15) is 0 Å². The van der Waals surface area contributed by atoms with E-state index in [4.69, 9.17) is 5.11 Å². The number of hydrogen-bond donors (Lipinski definition) is 2. The molecule has 0 spiro atoms. The Hall–Kier alpha value is -0.570. The van der Waals surface area contributed by atoms with Gasteiger partial charge in [0.25, 0.3) is 0 Å². The number of rotatable bonds is 3. The lowest BCUT2D eigenvalue weighted by Gasteiger charge is -2.16. The maximum Gasteiger partial charge on any atom is 0.0965 e. The average Bonchev–Trinajstić information content (AvgIpc) is 2.42. The van der Waals surface area contributed by atoms with Gasteiger partial charge in [-0.05, 0) is 19.3 Å². The van der Waals surface area contributed by atoms with Gasteiger partial charge in [0.1, 0.15) is 0 Å². The quantitative estimate of drug-likeness (QED) is 0.695. The van der Waals surface area contributed by atoms with E-state index in [0.717, 1.165) is 25.2 Å². The Bertz CT molecular complexity index is 164.